The van der Waals surface area contributed by atoms with Gasteiger partial charge in [0.2, 0.25) is 0 Å². The van der Waals surface area contributed by atoms with Crippen molar-refractivity contribution in [1.82, 2.24) is 10.3 Å². The monoisotopic (exact) mass is 412 g/mol. The van der Waals surface area contributed by atoms with E-state index in [1.807, 2.05) is 49.4 Å². The highest BCUT2D eigenvalue weighted by molar-refractivity contribution is 7.17. The van der Waals surface area contributed by atoms with Crippen LogP contribution in [0, 0.1) is 6.92 Å². The first-order valence-corrected chi connectivity index (χ1v) is 9.98. The van der Waals surface area contributed by atoms with Crippen LogP contribution >= 0.6 is 11.3 Å². The molecule has 0 saturated carbocycles. The van der Waals surface area contributed by atoms with Gasteiger partial charge >= 0.3 is 0 Å². The molecule has 0 unspecified atom stereocenters. The maximum absolute atomic E-state index is 12.6. The van der Waals surface area contributed by atoms with Crippen LogP contribution in [0.4, 0.5) is 0 Å². The Kier molecular flexibility index (Phi) is 6.72. The number of nitrogens with one attached hydrogen (secondary N) is 1. The van der Waals surface area contributed by atoms with Gasteiger partial charge in [0.1, 0.15) is 15.6 Å². The Morgan fingerprint density at radius 3 is 2.38 bits per heavy atom. The molecule has 0 fully saturated rings. The molecule has 152 valence electrons. The number of aromatic nitrogens is 1. The average Bonchev–Trinajstić information content (AvgIpc) is 3.15. The normalized spacial score (nSPS) is 10.5. The number of amides is 1. The number of carbonyl (C=O) groups is 1. The lowest BCUT2D eigenvalue weighted by atomic mass is 10.1. The Bertz CT molecular complexity index is 983. The van der Waals surface area contributed by atoms with Crippen molar-refractivity contribution in [3.8, 4) is 27.8 Å². The van der Waals surface area contributed by atoms with Gasteiger partial charge in [-0.25, -0.2) is 4.98 Å². The third-order valence-corrected chi connectivity index (χ3v) is 5.69. The Hall–Kier alpha value is -3.06. The van der Waals surface area contributed by atoms with E-state index in [0.29, 0.717) is 29.3 Å². The quantitative estimate of drug-likeness (QED) is 0.603. The largest absolute Gasteiger partial charge is 0.497 e. The van der Waals surface area contributed by atoms with Crippen molar-refractivity contribution >= 4 is 17.2 Å². The van der Waals surface area contributed by atoms with E-state index in [-0.39, 0.29) is 5.91 Å². The minimum atomic E-state index is -0.111. The van der Waals surface area contributed by atoms with Crippen LogP contribution in [0.1, 0.15) is 20.9 Å². The molecule has 7 heteroatoms. The van der Waals surface area contributed by atoms with Gasteiger partial charge in [-0.15, -0.1) is 11.3 Å². The number of aryl methyl sites for hydroxylation is 1. The molecule has 1 N–H and O–H groups in total. The van der Waals surface area contributed by atoms with Crippen LogP contribution < -0.4 is 19.5 Å². The average molecular weight is 413 g/mol. The lowest BCUT2D eigenvalue weighted by molar-refractivity contribution is 0.0957. The van der Waals surface area contributed by atoms with Gasteiger partial charge in [-0.1, -0.05) is 6.07 Å². The lowest BCUT2D eigenvalue weighted by Gasteiger charge is -2.10. The third kappa shape index (κ3) is 4.86. The van der Waals surface area contributed by atoms with E-state index in [0.717, 1.165) is 27.6 Å². The van der Waals surface area contributed by atoms with Gasteiger partial charge in [-0.3, -0.25) is 4.79 Å². The number of carbonyl (C=O) groups excluding carboxylic acids is 1. The van der Waals surface area contributed by atoms with Crippen molar-refractivity contribution in [1.29, 1.82) is 0 Å². The van der Waals surface area contributed by atoms with Gasteiger partial charge in [0.05, 0.1) is 27.0 Å². The molecule has 0 bridgehead atoms. The number of thiazole rings is 1. The van der Waals surface area contributed by atoms with Crippen molar-refractivity contribution in [2.24, 2.45) is 0 Å². The zero-order valence-electron chi connectivity index (χ0n) is 16.9. The molecule has 0 aliphatic heterocycles. The Balaban J connectivity index is 1.63. The summed E-state index contributed by atoms with van der Waals surface area (Å²) in [5, 5.41) is 3.79. The van der Waals surface area contributed by atoms with Crippen molar-refractivity contribution in [3.63, 3.8) is 0 Å². The summed E-state index contributed by atoms with van der Waals surface area (Å²) < 4.78 is 15.8. The molecule has 0 atom stereocenters. The summed E-state index contributed by atoms with van der Waals surface area (Å²) >= 11 is 1.39. The Labute approximate surface area is 174 Å². The van der Waals surface area contributed by atoms with Crippen LogP contribution in [-0.4, -0.2) is 38.8 Å². The van der Waals surface area contributed by atoms with Crippen LogP contribution in [0.25, 0.3) is 10.6 Å². The Morgan fingerprint density at radius 1 is 1.00 bits per heavy atom. The van der Waals surface area contributed by atoms with Gasteiger partial charge in [-0.2, -0.15) is 0 Å². The highest BCUT2D eigenvalue weighted by Crippen LogP contribution is 2.29. The minimum absolute atomic E-state index is 0.111. The second kappa shape index (κ2) is 9.43. The highest BCUT2D eigenvalue weighted by atomic mass is 32.1. The second-order valence-electron chi connectivity index (χ2n) is 6.36. The first kappa shape index (κ1) is 20.7. The molecule has 29 heavy (non-hydrogen) atoms. The summed E-state index contributed by atoms with van der Waals surface area (Å²) in [7, 11) is 4.85. The van der Waals surface area contributed by atoms with E-state index in [9.17, 15) is 4.79 Å². The topological polar surface area (TPSA) is 69.7 Å². The first-order valence-electron chi connectivity index (χ1n) is 9.16. The predicted molar refractivity (Wildman–Crippen MR) is 114 cm³/mol. The molecular weight excluding hydrogens is 388 g/mol. The van der Waals surface area contributed by atoms with Crippen LogP contribution in [0.2, 0.25) is 0 Å². The molecule has 0 saturated heterocycles. The summed E-state index contributed by atoms with van der Waals surface area (Å²) in [5.74, 6) is 2.04. The molecule has 1 amide bonds. The van der Waals surface area contributed by atoms with E-state index < -0.39 is 0 Å². The molecular formula is C22H24N2O4S. The number of benzene rings is 2. The molecule has 0 aliphatic carbocycles. The van der Waals surface area contributed by atoms with Crippen molar-refractivity contribution in [2.75, 3.05) is 27.9 Å². The number of nitrogens with zero attached hydrogens (tertiary/aromatic N) is 1. The van der Waals surface area contributed by atoms with Crippen molar-refractivity contribution in [3.05, 3.63) is 58.6 Å². The summed E-state index contributed by atoms with van der Waals surface area (Å²) in [6.45, 7) is 2.37. The minimum Gasteiger partial charge on any atom is -0.497 e. The highest BCUT2D eigenvalue weighted by Gasteiger charge is 2.16. The molecule has 0 aliphatic rings. The lowest BCUT2D eigenvalue weighted by Crippen LogP contribution is -2.25. The van der Waals surface area contributed by atoms with Crippen molar-refractivity contribution in [2.45, 2.75) is 13.3 Å². The second-order valence-corrected chi connectivity index (χ2v) is 7.36. The van der Waals surface area contributed by atoms with Crippen LogP contribution in [-0.2, 0) is 6.42 Å². The molecule has 0 spiro atoms. The van der Waals surface area contributed by atoms with Crippen LogP contribution in [0.5, 0.6) is 17.2 Å². The summed E-state index contributed by atoms with van der Waals surface area (Å²) in [4.78, 5) is 17.8. The van der Waals surface area contributed by atoms with E-state index >= 15 is 0 Å². The molecule has 6 nitrogen and oxygen atoms in total. The fourth-order valence-electron chi connectivity index (χ4n) is 2.90. The van der Waals surface area contributed by atoms with Gasteiger partial charge in [0, 0.05) is 12.1 Å². The summed E-state index contributed by atoms with van der Waals surface area (Å²) in [5.41, 5.74) is 2.75. The van der Waals surface area contributed by atoms with E-state index in [1.54, 1.807) is 21.3 Å². The molecule has 2 aromatic carbocycles. The predicted octanol–water partition coefficient (Wildman–Crippen LogP) is 4.12. The number of hydrogen-bond donors (Lipinski definition) is 1. The smallest absolute Gasteiger partial charge is 0.263 e. The molecule has 3 rings (SSSR count). The standard InChI is InChI=1S/C22H24N2O4S/c1-14-20(29-22(24-14)16-6-8-17(26-2)9-7-16)21(25)23-12-11-15-5-10-18(27-3)19(13-15)28-4/h5-10,13H,11-12H2,1-4H3,(H,23,25). The third-order valence-electron chi connectivity index (χ3n) is 4.49. The fraction of sp³-hybridized carbons (Fsp3) is 0.273. The van der Waals surface area contributed by atoms with Gasteiger partial charge in [0.25, 0.3) is 5.91 Å². The van der Waals surface area contributed by atoms with E-state index in [1.165, 1.54) is 11.3 Å². The van der Waals surface area contributed by atoms with Gasteiger partial charge < -0.3 is 19.5 Å². The Morgan fingerprint density at radius 2 is 1.72 bits per heavy atom. The number of hydrogen-bond acceptors (Lipinski definition) is 6. The molecule has 1 heterocycles. The molecule has 1 aromatic heterocycles. The molecule has 0 radical (unpaired) electrons. The maximum atomic E-state index is 12.6. The van der Waals surface area contributed by atoms with Gasteiger partial charge in [0.15, 0.2) is 11.5 Å². The van der Waals surface area contributed by atoms with Crippen LogP contribution in [0.3, 0.4) is 0 Å². The molecule has 3 aromatic rings. The van der Waals surface area contributed by atoms with E-state index in [4.69, 9.17) is 14.2 Å². The van der Waals surface area contributed by atoms with Crippen LogP contribution in [0.15, 0.2) is 42.5 Å². The number of ether oxygens (including phenoxy) is 3. The SMILES string of the molecule is COc1ccc(-c2nc(C)c(C(=O)NCCc3ccc(OC)c(OC)c3)s2)cc1. The van der Waals surface area contributed by atoms with Gasteiger partial charge in [-0.05, 0) is 55.3 Å². The zero-order valence-corrected chi connectivity index (χ0v) is 17.8. The summed E-state index contributed by atoms with van der Waals surface area (Å²) in [6.07, 6.45) is 0.690. The number of rotatable bonds is 8. The fourth-order valence-corrected chi connectivity index (χ4v) is 3.89. The van der Waals surface area contributed by atoms with Crippen molar-refractivity contribution < 1.29 is 19.0 Å². The zero-order chi connectivity index (χ0) is 20.8. The first-order chi connectivity index (χ1) is 14.0. The maximum Gasteiger partial charge on any atom is 0.263 e. The summed E-state index contributed by atoms with van der Waals surface area (Å²) in [6, 6.07) is 13.4. The number of methoxy groups -OCH3 is 3. The van der Waals surface area contributed by atoms with E-state index in [2.05, 4.69) is 10.3 Å².